The van der Waals surface area contributed by atoms with Gasteiger partial charge in [0, 0.05) is 39.4 Å². The van der Waals surface area contributed by atoms with Crippen LogP contribution >= 0.6 is 11.6 Å². The molecule has 1 spiro atoms. The van der Waals surface area contributed by atoms with Crippen LogP contribution < -0.4 is 0 Å². The van der Waals surface area contributed by atoms with Gasteiger partial charge in [-0.1, -0.05) is 41.9 Å². The minimum atomic E-state index is -0.401. The average Bonchev–Trinajstić information content (AvgIpc) is 3.34. The summed E-state index contributed by atoms with van der Waals surface area (Å²) in [5.74, 6) is 0.162. The van der Waals surface area contributed by atoms with Gasteiger partial charge in [0.2, 0.25) is 5.91 Å². The van der Waals surface area contributed by atoms with E-state index >= 15 is 0 Å². The number of halogens is 1. The van der Waals surface area contributed by atoms with Gasteiger partial charge in [-0.3, -0.25) is 9.59 Å². The second kappa shape index (κ2) is 7.04. The Bertz CT molecular complexity index is 864. The molecule has 0 saturated carbocycles. The number of likely N-dealkylation sites (tertiary alicyclic amines) is 2. The molecule has 2 aliphatic heterocycles. The molecular formula is C21H24ClN3O2. The van der Waals surface area contributed by atoms with Gasteiger partial charge in [-0.15, -0.1) is 0 Å². The summed E-state index contributed by atoms with van der Waals surface area (Å²) in [5.41, 5.74) is 1.42. The highest BCUT2D eigenvalue weighted by Crippen LogP contribution is 2.41. The zero-order chi connectivity index (χ0) is 19.0. The van der Waals surface area contributed by atoms with Crippen molar-refractivity contribution in [3.8, 4) is 0 Å². The molecule has 1 aromatic carbocycles. The van der Waals surface area contributed by atoms with Crippen LogP contribution in [-0.4, -0.2) is 52.4 Å². The second-order valence-corrected chi connectivity index (χ2v) is 8.13. The standard InChI is InChI=1S/C21H24ClN3O2/c1-23-14-17(22)13-18(23)19(26)25-12-9-21(15-25)8-11-24(20(21)27)10-7-16-5-3-2-4-6-16/h2-6,13-14H,7-12,15H2,1H3. The van der Waals surface area contributed by atoms with Crippen molar-refractivity contribution in [2.45, 2.75) is 19.3 Å². The molecule has 6 heteroatoms. The summed E-state index contributed by atoms with van der Waals surface area (Å²) in [6, 6.07) is 11.9. The molecule has 1 aromatic heterocycles. The molecule has 0 aliphatic carbocycles. The predicted molar refractivity (Wildman–Crippen MR) is 105 cm³/mol. The summed E-state index contributed by atoms with van der Waals surface area (Å²) in [6.45, 7) is 2.66. The van der Waals surface area contributed by atoms with Gasteiger partial charge in [0.15, 0.2) is 0 Å². The van der Waals surface area contributed by atoms with E-state index in [2.05, 4.69) is 12.1 Å². The fourth-order valence-corrected chi connectivity index (χ4v) is 4.59. The Labute approximate surface area is 164 Å². The van der Waals surface area contributed by atoms with Crippen molar-refractivity contribution in [1.82, 2.24) is 14.4 Å². The molecule has 1 unspecified atom stereocenters. The van der Waals surface area contributed by atoms with Gasteiger partial charge in [0.1, 0.15) is 5.69 Å². The number of rotatable bonds is 4. The third kappa shape index (κ3) is 3.36. The molecule has 4 rings (SSSR count). The first-order chi connectivity index (χ1) is 13.0. The van der Waals surface area contributed by atoms with Crippen LogP contribution in [0.15, 0.2) is 42.6 Å². The zero-order valence-corrected chi connectivity index (χ0v) is 16.3. The van der Waals surface area contributed by atoms with Crippen LogP contribution in [0.2, 0.25) is 5.02 Å². The Kier molecular flexibility index (Phi) is 4.72. The molecule has 2 saturated heterocycles. The van der Waals surface area contributed by atoms with Crippen molar-refractivity contribution in [3.63, 3.8) is 0 Å². The lowest BCUT2D eigenvalue weighted by Crippen LogP contribution is -2.39. The minimum absolute atomic E-state index is 0.0446. The van der Waals surface area contributed by atoms with Crippen LogP contribution in [0, 0.1) is 5.41 Å². The highest BCUT2D eigenvalue weighted by molar-refractivity contribution is 6.31. The number of carbonyl (C=O) groups excluding carboxylic acids is 2. The van der Waals surface area contributed by atoms with Gasteiger partial charge in [0.05, 0.1) is 10.4 Å². The smallest absolute Gasteiger partial charge is 0.270 e. The van der Waals surface area contributed by atoms with E-state index in [-0.39, 0.29) is 11.8 Å². The monoisotopic (exact) mass is 385 g/mol. The molecule has 2 amide bonds. The van der Waals surface area contributed by atoms with E-state index in [0.717, 1.165) is 32.4 Å². The number of benzene rings is 1. The van der Waals surface area contributed by atoms with Crippen LogP contribution in [0.25, 0.3) is 0 Å². The number of aryl methyl sites for hydroxylation is 1. The topological polar surface area (TPSA) is 45.6 Å². The fraction of sp³-hybridized carbons (Fsp3) is 0.429. The van der Waals surface area contributed by atoms with E-state index in [4.69, 9.17) is 11.6 Å². The predicted octanol–water partition coefficient (Wildman–Crippen LogP) is 2.99. The SMILES string of the molecule is Cn1cc(Cl)cc1C(=O)N1CCC2(CCN(CCc3ccccc3)C2=O)C1. The number of carbonyl (C=O) groups is 2. The van der Waals surface area contributed by atoms with Crippen LogP contribution in [0.5, 0.6) is 0 Å². The fourth-order valence-electron chi connectivity index (χ4n) is 4.34. The molecule has 0 bridgehead atoms. The second-order valence-electron chi connectivity index (χ2n) is 7.69. The maximum absolute atomic E-state index is 13.1. The first-order valence-corrected chi connectivity index (χ1v) is 9.81. The summed E-state index contributed by atoms with van der Waals surface area (Å²) < 4.78 is 1.75. The van der Waals surface area contributed by atoms with Crippen molar-refractivity contribution >= 4 is 23.4 Å². The highest BCUT2D eigenvalue weighted by atomic mass is 35.5. The van der Waals surface area contributed by atoms with Gasteiger partial charge in [-0.25, -0.2) is 0 Å². The molecule has 2 fully saturated rings. The molecule has 0 radical (unpaired) electrons. The van der Waals surface area contributed by atoms with Gasteiger partial charge in [-0.05, 0) is 30.9 Å². The Hall–Kier alpha value is -2.27. The largest absolute Gasteiger partial charge is 0.345 e. The lowest BCUT2D eigenvalue weighted by atomic mass is 9.85. The first kappa shape index (κ1) is 18.1. The van der Waals surface area contributed by atoms with Crippen molar-refractivity contribution in [2.24, 2.45) is 12.5 Å². The Morgan fingerprint density at radius 2 is 1.93 bits per heavy atom. The Balaban J connectivity index is 1.40. The minimum Gasteiger partial charge on any atom is -0.345 e. The van der Waals surface area contributed by atoms with E-state index in [1.807, 2.05) is 35.0 Å². The molecular weight excluding hydrogens is 362 g/mol. The Morgan fingerprint density at radius 3 is 2.63 bits per heavy atom. The number of amides is 2. The third-order valence-electron chi connectivity index (χ3n) is 5.95. The summed E-state index contributed by atoms with van der Waals surface area (Å²) in [5, 5.41) is 0.554. The van der Waals surface area contributed by atoms with Crippen molar-refractivity contribution in [1.29, 1.82) is 0 Å². The van der Waals surface area contributed by atoms with Gasteiger partial charge in [0.25, 0.3) is 5.91 Å². The van der Waals surface area contributed by atoms with Gasteiger partial charge >= 0.3 is 0 Å². The average molecular weight is 386 g/mol. The van der Waals surface area contributed by atoms with Gasteiger partial charge in [-0.2, -0.15) is 0 Å². The molecule has 142 valence electrons. The van der Waals surface area contributed by atoms with Crippen LogP contribution in [0.3, 0.4) is 0 Å². The van der Waals surface area contributed by atoms with E-state index in [1.54, 1.807) is 16.8 Å². The summed E-state index contributed by atoms with van der Waals surface area (Å²) >= 11 is 6.01. The highest BCUT2D eigenvalue weighted by Gasteiger charge is 2.51. The quantitative estimate of drug-likeness (QED) is 0.812. The van der Waals surface area contributed by atoms with Crippen molar-refractivity contribution in [2.75, 3.05) is 26.2 Å². The number of nitrogens with zero attached hydrogens (tertiary/aromatic N) is 3. The van der Waals surface area contributed by atoms with Crippen molar-refractivity contribution in [3.05, 3.63) is 58.9 Å². The molecule has 3 heterocycles. The lowest BCUT2D eigenvalue weighted by Gasteiger charge is -2.24. The maximum Gasteiger partial charge on any atom is 0.270 e. The zero-order valence-electron chi connectivity index (χ0n) is 15.5. The van der Waals surface area contributed by atoms with E-state index in [9.17, 15) is 9.59 Å². The Morgan fingerprint density at radius 1 is 1.19 bits per heavy atom. The van der Waals surface area contributed by atoms with Crippen LogP contribution in [-0.2, 0) is 18.3 Å². The van der Waals surface area contributed by atoms with Crippen LogP contribution in [0.1, 0.15) is 28.9 Å². The number of hydrogen-bond acceptors (Lipinski definition) is 2. The normalized spacial score (nSPS) is 22.2. The van der Waals surface area contributed by atoms with E-state index < -0.39 is 5.41 Å². The maximum atomic E-state index is 13.1. The molecule has 1 atom stereocenters. The van der Waals surface area contributed by atoms with E-state index in [1.165, 1.54) is 5.56 Å². The number of aromatic nitrogens is 1. The first-order valence-electron chi connectivity index (χ1n) is 9.43. The molecule has 2 aliphatic rings. The van der Waals surface area contributed by atoms with E-state index in [0.29, 0.717) is 23.8 Å². The van der Waals surface area contributed by atoms with Crippen molar-refractivity contribution < 1.29 is 9.59 Å². The summed E-state index contributed by atoms with van der Waals surface area (Å²) in [6.07, 6.45) is 4.18. The van der Waals surface area contributed by atoms with Crippen LogP contribution in [0.4, 0.5) is 0 Å². The molecule has 2 aromatic rings. The lowest BCUT2D eigenvalue weighted by molar-refractivity contribution is -0.135. The molecule has 27 heavy (non-hydrogen) atoms. The molecule has 0 N–H and O–H groups in total. The summed E-state index contributed by atoms with van der Waals surface area (Å²) in [7, 11) is 1.82. The van der Waals surface area contributed by atoms with Gasteiger partial charge < -0.3 is 14.4 Å². The third-order valence-corrected chi connectivity index (χ3v) is 6.15. The summed E-state index contributed by atoms with van der Waals surface area (Å²) in [4.78, 5) is 29.7. The number of hydrogen-bond donors (Lipinski definition) is 0. The molecule has 5 nitrogen and oxygen atoms in total.